The van der Waals surface area contributed by atoms with E-state index >= 15 is 0 Å². The van der Waals surface area contributed by atoms with Gasteiger partial charge in [-0.25, -0.2) is 12.8 Å². The van der Waals surface area contributed by atoms with E-state index in [0.29, 0.717) is 17.1 Å². The predicted octanol–water partition coefficient (Wildman–Crippen LogP) is 5.72. The molecule has 0 radical (unpaired) electrons. The monoisotopic (exact) mass is 613 g/mol. The van der Waals surface area contributed by atoms with Crippen LogP contribution in [0.5, 0.6) is 0 Å². The molecule has 224 valence electrons. The second-order valence-corrected chi connectivity index (χ2v) is 13.1. The van der Waals surface area contributed by atoms with E-state index in [-0.39, 0.29) is 43.8 Å². The number of sulfonamides is 1. The van der Waals surface area contributed by atoms with Gasteiger partial charge in [-0.15, -0.1) is 0 Å². The van der Waals surface area contributed by atoms with Gasteiger partial charge in [-0.3, -0.25) is 13.9 Å². The van der Waals surface area contributed by atoms with Gasteiger partial charge in [0.1, 0.15) is 11.9 Å². The van der Waals surface area contributed by atoms with Crippen LogP contribution in [0, 0.1) is 5.82 Å². The number of halogens is 2. The second kappa shape index (κ2) is 14.6. The van der Waals surface area contributed by atoms with E-state index < -0.39 is 21.9 Å². The molecule has 7 nitrogen and oxygen atoms in total. The topological polar surface area (TPSA) is 86.8 Å². The first kappa shape index (κ1) is 31.5. The zero-order valence-electron chi connectivity index (χ0n) is 23.7. The normalized spacial score (nSPS) is 14.4. The molecule has 1 aliphatic carbocycles. The number of carbonyl (C=O) groups excluding carboxylic acids is 2. The van der Waals surface area contributed by atoms with Crippen LogP contribution in [0.4, 0.5) is 10.1 Å². The van der Waals surface area contributed by atoms with Gasteiger partial charge in [0.2, 0.25) is 21.8 Å². The molecule has 3 aromatic carbocycles. The van der Waals surface area contributed by atoms with Gasteiger partial charge in [0.15, 0.2) is 0 Å². The molecule has 1 saturated carbocycles. The van der Waals surface area contributed by atoms with Crippen LogP contribution in [-0.2, 0) is 32.6 Å². The highest BCUT2D eigenvalue weighted by Gasteiger charge is 2.32. The van der Waals surface area contributed by atoms with Gasteiger partial charge in [-0.2, -0.15) is 0 Å². The Morgan fingerprint density at radius 1 is 0.952 bits per heavy atom. The fourth-order valence-electron chi connectivity index (χ4n) is 5.32. The zero-order chi connectivity index (χ0) is 30.1. The summed E-state index contributed by atoms with van der Waals surface area (Å²) in [5.41, 5.74) is 2.07. The predicted molar refractivity (Wildman–Crippen MR) is 164 cm³/mol. The lowest BCUT2D eigenvalue weighted by molar-refractivity contribution is -0.141. The maximum absolute atomic E-state index is 13.9. The van der Waals surface area contributed by atoms with Crippen molar-refractivity contribution in [3.05, 3.63) is 101 Å². The standard InChI is InChI=1S/C32H37ClFN3O4S/c1-42(40,41)37(29-19-17-27(34)18-20-29)21-7-12-31(38)36(23-25-13-15-26(33)16-14-25)30(22-24-8-3-2-4-9-24)32(39)35-28-10-5-6-11-28/h2-4,8-9,13-20,28,30H,5-7,10-12,21-23H2,1H3,(H,35,39)/t30-/m1/s1. The summed E-state index contributed by atoms with van der Waals surface area (Å²) in [6, 6.07) is 21.3. The average Bonchev–Trinajstić information content (AvgIpc) is 3.47. The minimum Gasteiger partial charge on any atom is -0.352 e. The van der Waals surface area contributed by atoms with E-state index in [1.807, 2.05) is 42.5 Å². The molecular weight excluding hydrogens is 577 g/mol. The second-order valence-electron chi connectivity index (χ2n) is 10.8. The summed E-state index contributed by atoms with van der Waals surface area (Å²) < 4.78 is 39.7. The van der Waals surface area contributed by atoms with Crippen LogP contribution in [0.2, 0.25) is 5.02 Å². The van der Waals surface area contributed by atoms with Crippen LogP contribution in [0.25, 0.3) is 0 Å². The van der Waals surface area contributed by atoms with Crippen molar-refractivity contribution >= 4 is 39.1 Å². The molecule has 0 aromatic heterocycles. The molecule has 0 bridgehead atoms. The lowest BCUT2D eigenvalue weighted by atomic mass is 10.0. The Bertz CT molecular complexity index is 1430. The molecular formula is C32H37ClFN3O4S. The molecule has 1 atom stereocenters. The molecule has 0 heterocycles. The highest BCUT2D eigenvalue weighted by atomic mass is 35.5. The van der Waals surface area contributed by atoms with E-state index in [1.54, 1.807) is 17.0 Å². The molecule has 4 rings (SSSR count). The van der Waals surface area contributed by atoms with Crippen molar-refractivity contribution in [3.63, 3.8) is 0 Å². The third-order valence-electron chi connectivity index (χ3n) is 7.51. The average molecular weight is 614 g/mol. The Hall–Kier alpha value is -3.43. The van der Waals surface area contributed by atoms with Gasteiger partial charge in [-0.05, 0) is 66.8 Å². The Morgan fingerprint density at radius 3 is 2.21 bits per heavy atom. The molecule has 0 spiro atoms. The van der Waals surface area contributed by atoms with E-state index in [2.05, 4.69) is 5.32 Å². The van der Waals surface area contributed by atoms with Crippen LogP contribution in [0.1, 0.15) is 49.7 Å². The van der Waals surface area contributed by atoms with Crippen molar-refractivity contribution in [1.29, 1.82) is 0 Å². The lowest BCUT2D eigenvalue weighted by Gasteiger charge is -2.33. The van der Waals surface area contributed by atoms with E-state index in [0.717, 1.165) is 47.4 Å². The summed E-state index contributed by atoms with van der Waals surface area (Å²) in [4.78, 5) is 29.3. The SMILES string of the molecule is CS(=O)(=O)N(CCCC(=O)N(Cc1ccc(Cl)cc1)[C@H](Cc1ccccc1)C(=O)NC1CCCC1)c1ccc(F)cc1. The molecule has 1 aliphatic rings. The molecule has 3 aromatic rings. The number of rotatable bonds is 13. The molecule has 1 N–H and O–H groups in total. The maximum atomic E-state index is 13.9. The summed E-state index contributed by atoms with van der Waals surface area (Å²) >= 11 is 6.10. The number of benzene rings is 3. The van der Waals surface area contributed by atoms with Gasteiger partial charge in [0.25, 0.3) is 0 Å². The first-order valence-electron chi connectivity index (χ1n) is 14.2. The van der Waals surface area contributed by atoms with Crippen molar-refractivity contribution < 1.29 is 22.4 Å². The highest BCUT2D eigenvalue weighted by Crippen LogP contribution is 2.22. The zero-order valence-corrected chi connectivity index (χ0v) is 25.3. The molecule has 42 heavy (non-hydrogen) atoms. The summed E-state index contributed by atoms with van der Waals surface area (Å²) in [6.07, 6.45) is 5.60. The molecule has 1 fully saturated rings. The van der Waals surface area contributed by atoms with Crippen molar-refractivity contribution in [2.75, 3.05) is 17.1 Å². The maximum Gasteiger partial charge on any atom is 0.243 e. The smallest absolute Gasteiger partial charge is 0.243 e. The minimum atomic E-state index is -3.68. The fourth-order valence-corrected chi connectivity index (χ4v) is 6.41. The fraction of sp³-hybridized carbons (Fsp3) is 0.375. The van der Waals surface area contributed by atoms with Crippen molar-refractivity contribution in [3.8, 4) is 0 Å². The Kier molecular flexibility index (Phi) is 11.0. The van der Waals surface area contributed by atoms with Crippen LogP contribution in [-0.4, -0.2) is 50.0 Å². The minimum absolute atomic E-state index is 0.0167. The van der Waals surface area contributed by atoms with E-state index in [4.69, 9.17) is 11.6 Å². The Balaban J connectivity index is 1.57. The van der Waals surface area contributed by atoms with Gasteiger partial charge < -0.3 is 10.2 Å². The molecule has 0 unspecified atom stereocenters. The van der Waals surface area contributed by atoms with E-state index in [1.165, 1.54) is 24.3 Å². The number of anilines is 1. The van der Waals surface area contributed by atoms with Gasteiger partial charge in [-0.1, -0.05) is 66.9 Å². The Labute approximate surface area is 252 Å². The van der Waals surface area contributed by atoms with Crippen molar-refractivity contribution in [1.82, 2.24) is 10.2 Å². The number of carbonyl (C=O) groups is 2. The van der Waals surface area contributed by atoms with Crippen molar-refractivity contribution in [2.45, 2.75) is 63.6 Å². The van der Waals surface area contributed by atoms with Crippen LogP contribution < -0.4 is 9.62 Å². The first-order chi connectivity index (χ1) is 20.1. The third kappa shape index (κ3) is 9.03. The molecule has 2 amide bonds. The Morgan fingerprint density at radius 2 is 1.60 bits per heavy atom. The third-order valence-corrected chi connectivity index (χ3v) is 8.95. The van der Waals surface area contributed by atoms with Crippen LogP contribution in [0.15, 0.2) is 78.9 Å². The van der Waals surface area contributed by atoms with Crippen LogP contribution in [0.3, 0.4) is 0 Å². The first-order valence-corrected chi connectivity index (χ1v) is 16.4. The van der Waals surface area contributed by atoms with Crippen molar-refractivity contribution in [2.24, 2.45) is 0 Å². The molecule has 0 aliphatic heterocycles. The summed E-state index contributed by atoms with van der Waals surface area (Å²) in [5, 5.41) is 3.75. The summed E-state index contributed by atoms with van der Waals surface area (Å²) in [5.74, 6) is -0.933. The number of hydrogen-bond acceptors (Lipinski definition) is 4. The van der Waals surface area contributed by atoms with Gasteiger partial charge in [0.05, 0.1) is 11.9 Å². The largest absolute Gasteiger partial charge is 0.352 e. The quantitative estimate of drug-likeness (QED) is 0.267. The van der Waals surface area contributed by atoms with Crippen LogP contribution >= 0.6 is 11.6 Å². The lowest BCUT2D eigenvalue weighted by Crippen LogP contribution is -2.52. The van der Waals surface area contributed by atoms with E-state index in [9.17, 15) is 22.4 Å². The highest BCUT2D eigenvalue weighted by molar-refractivity contribution is 7.92. The summed E-state index contributed by atoms with van der Waals surface area (Å²) in [6.45, 7) is 0.224. The molecule has 10 heteroatoms. The number of amides is 2. The molecule has 0 saturated heterocycles. The van der Waals surface area contributed by atoms with Gasteiger partial charge >= 0.3 is 0 Å². The number of hydrogen-bond donors (Lipinski definition) is 1. The van der Waals surface area contributed by atoms with Gasteiger partial charge in [0, 0.05) is 37.0 Å². The summed E-state index contributed by atoms with van der Waals surface area (Å²) in [7, 11) is -3.68. The number of nitrogens with one attached hydrogen (secondary N) is 1. The number of nitrogens with zero attached hydrogens (tertiary/aromatic N) is 2.